The third-order valence-corrected chi connectivity index (χ3v) is 7.80. The Bertz CT molecular complexity index is 1190. The Morgan fingerprint density at radius 2 is 1.86 bits per heavy atom. The van der Waals surface area contributed by atoms with Gasteiger partial charge in [0.15, 0.2) is 0 Å². The summed E-state index contributed by atoms with van der Waals surface area (Å²) >= 11 is 0. The number of esters is 3. The fourth-order valence-corrected chi connectivity index (χ4v) is 6.14. The van der Waals surface area contributed by atoms with E-state index in [1.54, 1.807) is 19.9 Å². The Balaban J connectivity index is 1.58. The summed E-state index contributed by atoms with van der Waals surface area (Å²) in [6.07, 6.45) is -10.4. The number of rotatable bonds is 6. The fourth-order valence-electron chi connectivity index (χ4n) is 5.50. The molecule has 4 rings (SSSR count). The zero-order valence-electron chi connectivity index (χ0n) is 18.9. The lowest BCUT2D eigenvalue weighted by Gasteiger charge is -2.31. The second-order valence-electron chi connectivity index (χ2n) is 9.36. The van der Waals surface area contributed by atoms with Gasteiger partial charge in [-0.25, -0.2) is 4.79 Å². The van der Waals surface area contributed by atoms with Crippen LogP contribution in [0.25, 0.3) is 0 Å². The number of carbonyl (C=O) groups excluding carboxylic acids is 3. The maximum Gasteiger partial charge on any atom is 0.426 e. The molecular weight excluding hydrogens is 497 g/mol. The van der Waals surface area contributed by atoms with Crippen molar-refractivity contribution in [2.45, 2.75) is 51.7 Å². The second-order valence-corrected chi connectivity index (χ2v) is 10.9. The molecule has 35 heavy (non-hydrogen) atoms. The number of fused-ring (bicyclic) bond motifs is 1. The van der Waals surface area contributed by atoms with E-state index in [0.29, 0.717) is 5.56 Å². The van der Waals surface area contributed by atoms with Gasteiger partial charge in [-0.1, -0.05) is 6.07 Å². The molecule has 0 spiro atoms. The molecule has 0 aromatic heterocycles. The molecule has 0 radical (unpaired) electrons. The van der Waals surface area contributed by atoms with Gasteiger partial charge in [0.25, 0.3) is 10.1 Å². The summed E-state index contributed by atoms with van der Waals surface area (Å²) in [4.78, 5) is 38.3. The van der Waals surface area contributed by atoms with Crippen LogP contribution in [-0.2, 0) is 33.9 Å². The predicted molar refractivity (Wildman–Crippen MR) is 111 cm³/mol. The molecule has 0 amide bonds. The molecule has 1 saturated heterocycles. The number of carbonyl (C=O) groups is 3. The second kappa shape index (κ2) is 8.47. The lowest BCUT2D eigenvalue weighted by molar-refractivity contribution is -0.220. The van der Waals surface area contributed by atoms with Crippen molar-refractivity contribution < 1.29 is 54.7 Å². The normalized spacial score (nSPS) is 30.2. The Morgan fingerprint density at radius 3 is 2.46 bits per heavy atom. The molecule has 2 aliphatic carbocycles. The van der Waals surface area contributed by atoms with E-state index in [0.717, 1.165) is 11.1 Å². The molecule has 1 N–H and O–H groups in total. The molecular formula is C22H23F3O9S. The van der Waals surface area contributed by atoms with Crippen LogP contribution in [-0.4, -0.2) is 61.1 Å². The number of aryl methyl sites for hydroxylation is 2. The van der Waals surface area contributed by atoms with E-state index in [-0.39, 0.29) is 12.0 Å². The highest BCUT2D eigenvalue weighted by Gasteiger charge is 2.70. The average molecular weight is 520 g/mol. The van der Waals surface area contributed by atoms with Gasteiger partial charge in [0, 0.05) is 11.8 Å². The van der Waals surface area contributed by atoms with Crippen LogP contribution in [0.15, 0.2) is 12.1 Å². The van der Waals surface area contributed by atoms with E-state index in [2.05, 4.69) is 4.74 Å². The van der Waals surface area contributed by atoms with Gasteiger partial charge < -0.3 is 14.2 Å². The summed E-state index contributed by atoms with van der Waals surface area (Å²) in [7, 11) is -5.13. The molecule has 1 heterocycles. The van der Waals surface area contributed by atoms with Gasteiger partial charge in [0.05, 0.1) is 5.56 Å². The fraction of sp³-hybridized carbons (Fsp3) is 0.591. The summed E-state index contributed by atoms with van der Waals surface area (Å²) in [5.74, 6) is -8.44. The van der Waals surface area contributed by atoms with Crippen LogP contribution >= 0.6 is 0 Å². The molecule has 1 aliphatic heterocycles. The standard InChI is InChI=1S/C22H23F3O9S/c1-8-4-9(2)10(3)11(5-8)19(26)33-17-12-6-13-16(17)21(28)34-18(13)15(12)20(27)32-14(22(23,24)25)7-35(29,30)31/h4-5,12-18H,6-7H2,1-3H3,(H,29,30,31). The Labute approximate surface area is 198 Å². The molecule has 2 saturated carbocycles. The van der Waals surface area contributed by atoms with Crippen molar-refractivity contribution in [2.24, 2.45) is 23.7 Å². The van der Waals surface area contributed by atoms with E-state index in [1.807, 2.05) is 13.0 Å². The minimum absolute atomic E-state index is 0.180. The molecule has 3 aliphatic rings. The molecule has 1 aromatic carbocycles. The topological polar surface area (TPSA) is 133 Å². The number of hydrogen-bond donors (Lipinski definition) is 1. The van der Waals surface area contributed by atoms with Gasteiger partial charge in [-0.3, -0.25) is 14.1 Å². The van der Waals surface area contributed by atoms with Crippen molar-refractivity contribution in [1.29, 1.82) is 0 Å². The molecule has 9 nitrogen and oxygen atoms in total. The van der Waals surface area contributed by atoms with E-state index in [4.69, 9.17) is 14.0 Å². The highest BCUT2D eigenvalue weighted by molar-refractivity contribution is 7.85. The van der Waals surface area contributed by atoms with Crippen molar-refractivity contribution in [3.63, 3.8) is 0 Å². The third kappa shape index (κ3) is 4.63. The van der Waals surface area contributed by atoms with Crippen LogP contribution in [0.2, 0.25) is 0 Å². The minimum atomic E-state index is -5.27. The first-order chi connectivity index (χ1) is 16.1. The first-order valence-electron chi connectivity index (χ1n) is 10.8. The molecule has 1 aromatic rings. The lowest BCUT2D eigenvalue weighted by atomic mass is 9.80. The average Bonchev–Trinajstić information content (AvgIpc) is 3.31. The van der Waals surface area contributed by atoms with Gasteiger partial charge in [0.1, 0.15) is 29.8 Å². The van der Waals surface area contributed by atoms with Crippen molar-refractivity contribution >= 4 is 28.0 Å². The van der Waals surface area contributed by atoms with Gasteiger partial charge >= 0.3 is 24.1 Å². The number of hydrogen-bond acceptors (Lipinski definition) is 8. The molecule has 2 bridgehead atoms. The van der Waals surface area contributed by atoms with Gasteiger partial charge in [-0.15, -0.1) is 0 Å². The summed E-state index contributed by atoms with van der Waals surface area (Å²) in [5, 5.41) is 0. The first kappa shape index (κ1) is 25.4. The third-order valence-electron chi connectivity index (χ3n) is 7.08. The van der Waals surface area contributed by atoms with Crippen molar-refractivity contribution in [3.8, 4) is 0 Å². The van der Waals surface area contributed by atoms with Crippen LogP contribution < -0.4 is 0 Å². The van der Waals surface area contributed by atoms with Gasteiger partial charge in [-0.2, -0.15) is 21.6 Å². The number of alkyl halides is 3. The Hall–Kier alpha value is -2.67. The zero-order chi connectivity index (χ0) is 26.0. The quantitative estimate of drug-likeness (QED) is 0.341. The van der Waals surface area contributed by atoms with Crippen LogP contribution in [0, 0.1) is 44.4 Å². The van der Waals surface area contributed by atoms with Crippen LogP contribution in [0.3, 0.4) is 0 Å². The minimum Gasteiger partial charge on any atom is -0.461 e. The summed E-state index contributed by atoms with van der Waals surface area (Å²) in [5.41, 5.74) is 2.55. The maximum absolute atomic E-state index is 13.3. The van der Waals surface area contributed by atoms with E-state index in [9.17, 15) is 36.0 Å². The number of benzene rings is 1. The number of ether oxygens (including phenoxy) is 3. The van der Waals surface area contributed by atoms with Crippen LogP contribution in [0.5, 0.6) is 0 Å². The Kier molecular flexibility index (Phi) is 6.15. The molecule has 13 heteroatoms. The highest BCUT2D eigenvalue weighted by atomic mass is 32.2. The van der Waals surface area contributed by atoms with E-state index >= 15 is 0 Å². The highest BCUT2D eigenvalue weighted by Crippen LogP contribution is 2.59. The summed E-state index contributed by atoms with van der Waals surface area (Å²) in [6, 6.07) is 3.49. The molecule has 7 atom stereocenters. The first-order valence-corrected chi connectivity index (χ1v) is 12.4. The number of halogens is 3. The van der Waals surface area contributed by atoms with Crippen molar-refractivity contribution in [1.82, 2.24) is 0 Å². The molecule has 192 valence electrons. The van der Waals surface area contributed by atoms with Crippen molar-refractivity contribution in [3.05, 3.63) is 34.4 Å². The van der Waals surface area contributed by atoms with E-state index < -0.39 is 81.9 Å². The zero-order valence-corrected chi connectivity index (χ0v) is 19.7. The summed E-state index contributed by atoms with van der Waals surface area (Å²) < 4.78 is 86.0. The smallest absolute Gasteiger partial charge is 0.426 e. The summed E-state index contributed by atoms with van der Waals surface area (Å²) in [6.45, 7) is 5.32. The lowest BCUT2D eigenvalue weighted by Crippen LogP contribution is -2.47. The van der Waals surface area contributed by atoms with Crippen LogP contribution in [0.1, 0.15) is 33.5 Å². The van der Waals surface area contributed by atoms with Crippen LogP contribution in [0.4, 0.5) is 13.2 Å². The largest absolute Gasteiger partial charge is 0.461 e. The van der Waals surface area contributed by atoms with Crippen molar-refractivity contribution in [2.75, 3.05) is 5.75 Å². The Morgan fingerprint density at radius 1 is 1.20 bits per heavy atom. The monoisotopic (exact) mass is 520 g/mol. The maximum atomic E-state index is 13.3. The van der Waals surface area contributed by atoms with Gasteiger partial charge in [-0.05, 0) is 49.9 Å². The van der Waals surface area contributed by atoms with E-state index in [1.165, 1.54) is 0 Å². The molecule has 7 unspecified atom stereocenters. The van der Waals surface area contributed by atoms with Gasteiger partial charge in [0.2, 0.25) is 6.10 Å². The SMILES string of the molecule is Cc1cc(C)c(C)c(C(=O)OC2C3CC4C(OC(=O)C42)C3C(=O)OC(CS(=O)(=O)O)C(F)(F)F)c1. The predicted octanol–water partition coefficient (Wildman–Crippen LogP) is 2.31. The molecule has 3 fully saturated rings.